The Morgan fingerprint density at radius 3 is 2.47 bits per heavy atom. The van der Waals surface area contributed by atoms with Gasteiger partial charge in [0.1, 0.15) is 0 Å². The Kier molecular flexibility index (Phi) is 7.39. The fraction of sp³-hybridized carbons (Fsp3) is 0.933. The van der Waals surface area contributed by atoms with Gasteiger partial charge in [-0.25, -0.2) is 0 Å². The predicted octanol–water partition coefficient (Wildman–Crippen LogP) is 2.02. The molecule has 0 spiro atoms. The molecule has 0 aromatic heterocycles. The predicted molar refractivity (Wildman–Crippen MR) is 77.8 cm³/mol. The molecule has 4 nitrogen and oxygen atoms in total. The van der Waals surface area contributed by atoms with Gasteiger partial charge in [-0.1, -0.05) is 13.8 Å². The van der Waals surface area contributed by atoms with Crippen molar-refractivity contribution in [3.05, 3.63) is 0 Å². The number of amides is 1. The first-order chi connectivity index (χ1) is 9.02. The van der Waals surface area contributed by atoms with Crippen LogP contribution in [0, 0.1) is 11.8 Å². The number of piperidine rings is 1. The van der Waals surface area contributed by atoms with E-state index < -0.39 is 0 Å². The summed E-state index contributed by atoms with van der Waals surface area (Å²) in [6, 6.07) is 0. The van der Waals surface area contributed by atoms with Crippen LogP contribution in [0.4, 0.5) is 0 Å². The second-order valence-electron chi connectivity index (χ2n) is 6.12. The molecule has 1 fully saturated rings. The number of nitrogens with zero attached hydrogens (tertiary/aromatic N) is 1. The van der Waals surface area contributed by atoms with E-state index in [9.17, 15) is 4.79 Å². The summed E-state index contributed by atoms with van der Waals surface area (Å²) in [6.45, 7) is 9.47. The lowest BCUT2D eigenvalue weighted by molar-refractivity contribution is -0.134. The third kappa shape index (κ3) is 6.39. The maximum atomic E-state index is 12.0. The van der Waals surface area contributed by atoms with Crippen LogP contribution in [0.5, 0.6) is 0 Å². The Hall–Kier alpha value is -0.610. The van der Waals surface area contributed by atoms with Gasteiger partial charge in [0.15, 0.2) is 0 Å². The topological polar surface area (TPSA) is 55.6 Å². The van der Waals surface area contributed by atoms with E-state index in [1.165, 1.54) is 0 Å². The molecule has 0 saturated carbocycles. The zero-order valence-corrected chi connectivity index (χ0v) is 12.7. The summed E-state index contributed by atoms with van der Waals surface area (Å²) in [5.41, 5.74) is 5.65. The van der Waals surface area contributed by atoms with E-state index in [4.69, 9.17) is 10.5 Å². The fourth-order valence-corrected chi connectivity index (χ4v) is 2.66. The summed E-state index contributed by atoms with van der Waals surface area (Å²) in [4.78, 5) is 14.0. The number of ether oxygens (including phenoxy) is 1. The molecule has 112 valence electrons. The average molecular weight is 270 g/mol. The van der Waals surface area contributed by atoms with Gasteiger partial charge in [-0.2, -0.15) is 0 Å². The van der Waals surface area contributed by atoms with Crippen molar-refractivity contribution in [1.82, 2.24) is 4.90 Å². The molecular formula is C15H30N2O2. The average Bonchev–Trinajstić information content (AvgIpc) is 2.37. The second-order valence-corrected chi connectivity index (χ2v) is 6.12. The minimum absolute atomic E-state index is 0.229. The van der Waals surface area contributed by atoms with Crippen molar-refractivity contribution in [2.24, 2.45) is 17.6 Å². The molecule has 0 aromatic carbocycles. The van der Waals surface area contributed by atoms with E-state index in [-0.39, 0.29) is 12.0 Å². The second kappa shape index (κ2) is 8.54. The molecule has 1 saturated heterocycles. The van der Waals surface area contributed by atoms with Gasteiger partial charge in [-0.05, 0) is 44.6 Å². The van der Waals surface area contributed by atoms with E-state index in [1.807, 2.05) is 4.90 Å². The highest BCUT2D eigenvalue weighted by Crippen LogP contribution is 2.16. The zero-order chi connectivity index (χ0) is 14.3. The smallest absolute Gasteiger partial charge is 0.224 e. The van der Waals surface area contributed by atoms with Crippen molar-refractivity contribution in [1.29, 1.82) is 0 Å². The lowest BCUT2D eigenvalue weighted by Gasteiger charge is -2.31. The molecule has 2 N–H and O–H groups in total. The molecule has 0 bridgehead atoms. The zero-order valence-electron chi connectivity index (χ0n) is 12.7. The van der Waals surface area contributed by atoms with Crippen LogP contribution in [0.1, 0.15) is 46.5 Å². The molecule has 0 radical (unpaired) electrons. The van der Waals surface area contributed by atoms with Gasteiger partial charge in [0.2, 0.25) is 5.91 Å². The van der Waals surface area contributed by atoms with Crippen molar-refractivity contribution in [3.63, 3.8) is 0 Å². The first-order valence-corrected chi connectivity index (χ1v) is 7.62. The van der Waals surface area contributed by atoms with Crippen molar-refractivity contribution < 1.29 is 9.53 Å². The Bertz CT molecular complexity index is 261. The highest BCUT2D eigenvalue weighted by molar-refractivity contribution is 5.76. The maximum Gasteiger partial charge on any atom is 0.224 e. The summed E-state index contributed by atoms with van der Waals surface area (Å²) in [7, 11) is 0. The van der Waals surface area contributed by atoms with Crippen LogP contribution >= 0.6 is 0 Å². The highest BCUT2D eigenvalue weighted by atomic mass is 16.5. The number of carbonyl (C=O) groups is 1. The monoisotopic (exact) mass is 270 g/mol. The summed E-state index contributed by atoms with van der Waals surface area (Å²) in [5.74, 6) is 1.47. The van der Waals surface area contributed by atoms with Crippen molar-refractivity contribution in [3.8, 4) is 0 Å². The van der Waals surface area contributed by atoms with Gasteiger partial charge in [0, 0.05) is 13.1 Å². The van der Waals surface area contributed by atoms with Crippen LogP contribution < -0.4 is 5.73 Å². The van der Waals surface area contributed by atoms with Crippen molar-refractivity contribution >= 4 is 5.91 Å². The van der Waals surface area contributed by atoms with Crippen molar-refractivity contribution in [2.75, 3.05) is 26.2 Å². The molecule has 1 atom stereocenters. The van der Waals surface area contributed by atoms with Gasteiger partial charge < -0.3 is 15.4 Å². The molecule has 1 unspecified atom stereocenters. The number of carbonyl (C=O) groups excluding carboxylic acids is 1. The Labute approximate surface area is 117 Å². The van der Waals surface area contributed by atoms with Crippen molar-refractivity contribution in [2.45, 2.75) is 52.6 Å². The van der Waals surface area contributed by atoms with Gasteiger partial charge in [-0.15, -0.1) is 0 Å². The lowest BCUT2D eigenvalue weighted by Crippen LogP contribution is -2.40. The Morgan fingerprint density at radius 2 is 1.95 bits per heavy atom. The quantitative estimate of drug-likeness (QED) is 0.770. The molecule has 1 aliphatic heterocycles. The number of hydrogen-bond acceptors (Lipinski definition) is 3. The highest BCUT2D eigenvalue weighted by Gasteiger charge is 2.21. The third-order valence-electron chi connectivity index (χ3n) is 3.82. The molecule has 1 rings (SSSR count). The van der Waals surface area contributed by atoms with E-state index in [0.29, 0.717) is 24.9 Å². The minimum Gasteiger partial charge on any atom is -0.378 e. The van der Waals surface area contributed by atoms with Crippen LogP contribution in [-0.4, -0.2) is 43.2 Å². The van der Waals surface area contributed by atoms with Crippen LogP contribution in [0.3, 0.4) is 0 Å². The molecule has 1 aliphatic rings. The molecule has 0 aromatic rings. The number of likely N-dealkylation sites (tertiary alicyclic amines) is 1. The summed E-state index contributed by atoms with van der Waals surface area (Å²) in [5, 5.41) is 0. The van der Waals surface area contributed by atoms with Gasteiger partial charge >= 0.3 is 0 Å². The first-order valence-electron chi connectivity index (χ1n) is 7.62. The summed E-state index contributed by atoms with van der Waals surface area (Å²) >= 11 is 0. The Morgan fingerprint density at radius 1 is 1.32 bits per heavy atom. The summed E-state index contributed by atoms with van der Waals surface area (Å²) < 4.78 is 5.69. The summed E-state index contributed by atoms with van der Waals surface area (Å²) in [6.07, 6.45) is 3.90. The van der Waals surface area contributed by atoms with Gasteiger partial charge in [-0.3, -0.25) is 4.79 Å². The largest absolute Gasteiger partial charge is 0.378 e. The fourth-order valence-electron chi connectivity index (χ4n) is 2.66. The SMILES string of the molecule is CC(C)CC(C)OCCC(=O)N1CCC(CN)CC1. The standard InChI is InChI=1S/C15H30N2O2/c1-12(2)10-13(3)19-9-6-15(18)17-7-4-14(11-16)5-8-17/h12-14H,4-11,16H2,1-3H3. The van der Waals surface area contributed by atoms with Crippen LogP contribution in [-0.2, 0) is 9.53 Å². The van der Waals surface area contributed by atoms with Gasteiger partial charge in [0.25, 0.3) is 0 Å². The van der Waals surface area contributed by atoms with E-state index in [2.05, 4.69) is 20.8 Å². The van der Waals surface area contributed by atoms with E-state index in [1.54, 1.807) is 0 Å². The number of rotatable bonds is 7. The van der Waals surface area contributed by atoms with E-state index in [0.717, 1.165) is 38.9 Å². The number of hydrogen-bond donors (Lipinski definition) is 1. The van der Waals surface area contributed by atoms with Crippen LogP contribution in [0.25, 0.3) is 0 Å². The maximum absolute atomic E-state index is 12.0. The normalized spacial score (nSPS) is 18.9. The first kappa shape index (κ1) is 16.4. The molecule has 19 heavy (non-hydrogen) atoms. The van der Waals surface area contributed by atoms with Crippen LogP contribution in [0.15, 0.2) is 0 Å². The van der Waals surface area contributed by atoms with E-state index >= 15 is 0 Å². The van der Waals surface area contributed by atoms with Crippen LogP contribution in [0.2, 0.25) is 0 Å². The molecule has 1 heterocycles. The Balaban J connectivity index is 2.14. The third-order valence-corrected chi connectivity index (χ3v) is 3.82. The number of nitrogens with two attached hydrogens (primary N) is 1. The molecule has 0 aliphatic carbocycles. The van der Waals surface area contributed by atoms with Gasteiger partial charge in [0.05, 0.1) is 19.1 Å². The molecule has 1 amide bonds. The molecular weight excluding hydrogens is 240 g/mol. The minimum atomic E-state index is 0.229. The molecule has 4 heteroatoms. The lowest BCUT2D eigenvalue weighted by atomic mass is 9.97.